The van der Waals surface area contributed by atoms with Crippen LogP contribution in [0.3, 0.4) is 0 Å². The molecular formula is C11H13ClN2O4. The summed E-state index contributed by atoms with van der Waals surface area (Å²) in [5.74, 6) is -1.21. The topological polar surface area (TPSA) is 102 Å². The summed E-state index contributed by atoms with van der Waals surface area (Å²) in [6, 6.07) is 5.58. The number of hydrogen-bond acceptors (Lipinski definition) is 4. The van der Waals surface area contributed by atoms with Crippen LogP contribution in [0, 0.1) is 0 Å². The number of rotatable bonds is 5. The Morgan fingerprint density at radius 1 is 1.39 bits per heavy atom. The van der Waals surface area contributed by atoms with Crippen molar-refractivity contribution in [1.29, 1.82) is 0 Å². The van der Waals surface area contributed by atoms with Gasteiger partial charge in [0.05, 0.1) is 0 Å². The number of halogens is 1. The third-order valence-corrected chi connectivity index (χ3v) is 2.36. The number of aliphatic carboxylic acids is 1. The van der Waals surface area contributed by atoms with Crippen molar-refractivity contribution >= 4 is 23.7 Å². The lowest BCUT2D eigenvalue weighted by molar-refractivity contribution is -0.139. The van der Waals surface area contributed by atoms with Crippen LogP contribution in [0.25, 0.3) is 0 Å². The molecule has 0 saturated carbocycles. The number of nitrogens with one attached hydrogen (secondary N) is 1. The van der Waals surface area contributed by atoms with Crippen LogP contribution in [0.1, 0.15) is 5.56 Å². The number of carbonyl (C=O) groups excluding carboxylic acids is 1. The number of carboxylic acids is 1. The summed E-state index contributed by atoms with van der Waals surface area (Å²) in [6.07, 6.45) is -0.831. The highest BCUT2D eigenvalue weighted by molar-refractivity contribution is 6.30. The Kier molecular flexibility index (Phi) is 5.41. The van der Waals surface area contributed by atoms with Crippen molar-refractivity contribution in [3.8, 4) is 0 Å². The summed E-state index contributed by atoms with van der Waals surface area (Å²) in [6.45, 7) is -0.175. The second-order valence-corrected chi connectivity index (χ2v) is 3.91. The number of hydrogen-bond donors (Lipinski definition) is 3. The SMILES string of the molecule is NCC(NC(=O)OCc1ccc(Cl)cc1)C(=O)O. The maximum Gasteiger partial charge on any atom is 0.408 e. The van der Waals surface area contributed by atoms with Crippen LogP contribution in [-0.2, 0) is 16.1 Å². The van der Waals surface area contributed by atoms with E-state index in [0.29, 0.717) is 5.02 Å². The fraction of sp³-hybridized carbons (Fsp3) is 0.273. The van der Waals surface area contributed by atoms with Crippen molar-refractivity contribution in [2.24, 2.45) is 5.73 Å². The number of alkyl carbamates (subject to hydrolysis) is 1. The van der Waals surface area contributed by atoms with Crippen LogP contribution in [0.2, 0.25) is 5.02 Å². The lowest BCUT2D eigenvalue weighted by Gasteiger charge is -2.12. The molecule has 0 aromatic heterocycles. The number of amides is 1. The van der Waals surface area contributed by atoms with Gasteiger partial charge in [0, 0.05) is 11.6 Å². The minimum atomic E-state index is -1.21. The first-order valence-electron chi connectivity index (χ1n) is 5.13. The standard InChI is InChI=1S/C11H13ClN2O4/c12-8-3-1-7(2-4-8)6-18-11(17)14-9(5-13)10(15)16/h1-4,9H,5-6,13H2,(H,14,17)(H,15,16). The molecule has 0 heterocycles. The Bertz CT molecular complexity index is 422. The zero-order valence-electron chi connectivity index (χ0n) is 9.43. The van der Waals surface area contributed by atoms with Gasteiger partial charge in [-0.1, -0.05) is 23.7 Å². The van der Waals surface area contributed by atoms with E-state index in [1.807, 2.05) is 0 Å². The molecule has 1 amide bonds. The van der Waals surface area contributed by atoms with E-state index in [2.05, 4.69) is 5.32 Å². The number of carbonyl (C=O) groups is 2. The maximum atomic E-state index is 11.3. The predicted molar refractivity (Wildman–Crippen MR) is 65.3 cm³/mol. The molecule has 6 nitrogen and oxygen atoms in total. The van der Waals surface area contributed by atoms with E-state index in [-0.39, 0.29) is 13.2 Å². The molecule has 1 rings (SSSR count). The molecule has 1 aromatic rings. The lowest BCUT2D eigenvalue weighted by Crippen LogP contribution is -2.45. The number of benzene rings is 1. The zero-order chi connectivity index (χ0) is 13.5. The van der Waals surface area contributed by atoms with E-state index in [0.717, 1.165) is 5.56 Å². The summed E-state index contributed by atoms with van der Waals surface area (Å²) in [4.78, 5) is 21.9. The van der Waals surface area contributed by atoms with E-state index in [1.54, 1.807) is 24.3 Å². The zero-order valence-corrected chi connectivity index (χ0v) is 10.2. The van der Waals surface area contributed by atoms with Gasteiger partial charge in [0.15, 0.2) is 0 Å². The average Bonchev–Trinajstić information content (AvgIpc) is 2.35. The monoisotopic (exact) mass is 272 g/mol. The first-order chi connectivity index (χ1) is 8.52. The van der Waals surface area contributed by atoms with E-state index in [9.17, 15) is 9.59 Å². The van der Waals surface area contributed by atoms with E-state index in [1.165, 1.54) is 0 Å². The van der Waals surface area contributed by atoms with E-state index < -0.39 is 18.1 Å². The van der Waals surface area contributed by atoms with E-state index >= 15 is 0 Å². The predicted octanol–water partition coefficient (Wildman–Crippen LogP) is 0.978. The van der Waals surface area contributed by atoms with Crippen molar-refractivity contribution in [3.63, 3.8) is 0 Å². The maximum absolute atomic E-state index is 11.3. The Hall–Kier alpha value is -1.79. The van der Waals surface area contributed by atoms with Crippen molar-refractivity contribution in [2.75, 3.05) is 6.54 Å². The molecular weight excluding hydrogens is 260 g/mol. The molecule has 0 saturated heterocycles. The second kappa shape index (κ2) is 6.83. The third kappa shape index (κ3) is 4.60. The van der Waals surface area contributed by atoms with Crippen LogP contribution in [0.4, 0.5) is 4.79 Å². The summed E-state index contributed by atoms with van der Waals surface area (Å²) in [7, 11) is 0. The minimum Gasteiger partial charge on any atom is -0.480 e. The fourth-order valence-electron chi connectivity index (χ4n) is 1.13. The molecule has 1 atom stereocenters. The van der Waals surface area contributed by atoms with Gasteiger partial charge < -0.3 is 20.9 Å². The molecule has 0 spiro atoms. The van der Waals surface area contributed by atoms with Gasteiger partial charge >= 0.3 is 12.1 Å². The highest BCUT2D eigenvalue weighted by Gasteiger charge is 2.18. The number of nitrogens with two attached hydrogens (primary N) is 1. The van der Waals surface area contributed by atoms with Gasteiger partial charge in [-0.2, -0.15) is 0 Å². The second-order valence-electron chi connectivity index (χ2n) is 3.47. The molecule has 0 aliphatic rings. The van der Waals surface area contributed by atoms with Crippen LogP contribution in [0.15, 0.2) is 24.3 Å². The van der Waals surface area contributed by atoms with Gasteiger partial charge in [0.2, 0.25) is 0 Å². The molecule has 0 aliphatic carbocycles. The Morgan fingerprint density at radius 2 is 2.00 bits per heavy atom. The normalized spacial score (nSPS) is 11.7. The molecule has 1 aromatic carbocycles. The molecule has 1 unspecified atom stereocenters. The molecule has 7 heteroatoms. The Morgan fingerprint density at radius 3 is 2.50 bits per heavy atom. The highest BCUT2D eigenvalue weighted by Crippen LogP contribution is 2.10. The summed E-state index contributed by atoms with van der Waals surface area (Å²) >= 11 is 5.70. The Labute approximate surface area is 109 Å². The molecule has 0 aliphatic heterocycles. The first-order valence-corrected chi connectivity index (χ1v) is 5.51. The molecule has 0 bridgehead atoms. The number of ether oxygens (including phenoxy) is 1. The largest absolute Gasteiger partial charge is 0.480 e. The van der Waals surface area contributed by atoms with Gasteiger partial charge in [-0.05, 0) is 17.7 Å². The fourth-order valence-corrected chi connectivity index (χ4v) is 1.26. The van der Waals surface area contributed by atoms with Crippen LogP contribution < -0.4 is 11.1 Å². The molecule has 98 valence electrons. The summed E-state index contributed by atoms with van der Waals surface area (Å²) in [5, 5.41) is 11.4. The molecule has 0 radical (unpaired) electrons. The van der Waals surface area contributed by atoms with Crippen molar-refractivity contribution in [2.45, 2.75) is 12.6 Å². The lowest BCUT2D eigenvalue weighted by atomic mass is 10.2. The van der Waals surface area contributed by atoms with Gasteiger partial charge in [0.1, 0.15) is 12.6 Å². The summed E-state index contributed by atoms with van der Waals surface area (Å²) in [5.41, 5.74) is 5.92. The van der Waals surface area contributed by atoms with Crippen LogP contribution in [-0.4, -0.2) is 29.8 Å². The third-order valence-electron chi connectivity index (χ3n) is 2.11. The van der Waals surface area contributed by atoms with Crippen molar-refractivity contribution in [3.05, 3.63) is 34.9 Å². The molecule has 0 fully saturated rings. The molecule has 18 heavy (non-hydrogen) atoms. The van der Waals surface area contributed by atoms with Crippen LogP contribution >= 0.6 is 11.6 Å². The van der Waals surface area contributed by atoms with Gasteiger partial charge in [-0.15, -0.1) is 0 Å². The first kappa shape index (κ1) is 14.3. The van der Waals surface area contributed by atoms with Crippen LogP contribution in [0.5, 0.6) is 0 Å². The summed E-state index contributed by atoms with van der Waals surface area (Å²) < 4.78 is 4.84. The number of carboxylic acid groups (broad SMARTS) is 1. The van der Waals surface area contributed by atoms with Gasteiger partial charge in [-0.3, -0.25) is 0 Å². The van der Waals surface area contributed by atoms with Gasteiger partial charge in [0.25, 0.3) is 0 Å². The smallest absolute Gasteiger partial charge is 0.408 e. The highest BCUT2D eigenvalue weighted by atomic mass is 35.5. The Balaban J connectivity index is 2.41. The van der Waals surface area contributed by atoms with Crippen molar-refractivity contribution < 1.29 is 19.4 Å². The minimum absolute atomic E-state index is 0.0277. The van der Waals surface area contributed by atoms with Gasteiger partial charge in [-0.25, -0.2) is 9.59 Å². The molecule has 4 N–H and O–H groups in total. The van der Waals surface area contributed by atoms with E-state index in [4.69, 9.17) is 27.2 Å². The van der Waals surface area contributed by atoms with Crippen molar-refractivity contribution in [1.82, 2.24) is 5.32 Å². The quantitative estimate of drug-likeness (QED) is 0.741. The average molecular weight is 273 g/mol.